The summed E-state index contributed by atoms with van der Waals surface area (Å²) >= 11 is 0. The van der Waals surface area contributed by atoms with E-state index in [1.54, 1.807) is 0 Å². The molecule has 0 fully saturated rings. The Hall–Kier alpha value is -5.62. The van der Waals surface area contributed by atoms with Crippen molar-refractivity contribution in [1.82, 2.24) is 15.0 Å². The van der Waals surface area contributed by atoms with Gasteiger partial charge in [-0.05, 0) is 90.0 Å². The van der Waals surface area contributed by atoms with Crippen molar-refractivity contribution in [1.29, 1.82) is 0 Å². The van der Waals surface area contributed by atoms with Crippen LogP contribution in [0.1, 0.15) is 24.8 Å². The number of aryl methyl sites for hydroxylation is 2. The summed E-state index contributed by atoms with van der Waals surface area (Å²) in [5.41, 5.74) is 12.0. The minimum Gasteiger partial charge on any atom is -0.439 e. The first-order valence-corrected chi connectivity index (χ1v) is 14.8. The summed E-state index contributed by atoms with van der Waals surface area (Å²) in [6.07, 6.45) is 1.77. The van der Waals surface area contributed by atoms with Crippen LogP contribution in [-0.2, 0) is 6.42 Å². The van der Waals surface area contributed by atoms with Crippen molar-refractivity contribution in [2.45, 2.75) is 26.7 Å². The van der Waals surface area contributed by atoms with Crippen molar-refractivity contribution in [3.05, 3.63) is 121 Å². The van der Waals surface area contributed by atoms with E-state index in [2.05, 4.69) is 92.7 Å². The number of hydrogen-bond acceptors (Lipinski definition) is 6. The Morgan fingerprint density at radius 1 is 0.500 bits per heavy atom. The average molecular weight is 573 g/mol. The van der Waals surface area contributed by atoms with E-state index >= 15 is 0 Å². The van der Waals surface area contributed by atoms with Crippen molar-refractivity contribution in [3.63, 3.8) is 0 Å². The van der Waals surface area contributed by atoms with Gasteiger partial charge in [0.05, 0.1) is 0 Å². The number of aliphatic imine (C=N–C) groups is 1. The molecule has 0 saturated heterocycles. The van der Waals surface area contributed by atoms with Crippen LogP contribution in [0.25, 0.3) is 67.5 Å². The Morgan fingerprint density at radius 2 is 1.05 bits per heavy atom. The zero-order valence-electron chi connectivity index (χ0n) is 24.4. The normalized spacial score (nSPS) is 12.7. The second-order valence-corrected chi connectivity index (χ2v) is 11.2. The van der Waals surface area contributed by atoms with Crippen LogP contribution in [0, 0.1) is 6.92 Å². The number of fused-ring (bicyclic) bond motifs is 2. The number of oxazole rings is 2. The van der Waals surface area contributed by atoms with E-state index in [0.29, 0.717) is 28.8 Å². The molecule has 0 N–H and O–H groups in total. The van der Waals surface area contributed by atoms with Gasteiger partial charge in [-0.1, -0.05) is 72.8 Å². The Balaban J connectivity index is 1.01. The summed E-state index contributed by atoms with van der Waals surface area (Å²) in [5, 5.41) is 0. The third-order valence-corrected chi connectivity index (χ3v) is 8.07. The highest BCUT2D eigenvalue weighted by molar-refractivity contribution is 5.86. The van der Waals surface area contributed by atoms with E-state index in [0.717, 1.165) is 74.5 Å². The van der Waals surface area contributed by atoms with Crippen LogP contribution in [0.3, 0.4) is 0 Å². The smallest absolute Gasteiger partial charge is 0.228 e. The first kappa shape index (κ1) is 26.0. The van der Waals surface area contributed by atoms with Gasteiger partial charge >= 0.3 is 0 Å². The summed E-state index contributed by atoms with van der Waals surface area (Å²) in [4.78, 5) is 18.3. The monoisotopic (exact) mass is 572 g/mol. The van der Waals surface area contributed by atoms with Crippen LogP contribution < -0.4 is 0 Å². The van der Waals surface area contributed by atoms with Gasteiger partial charge in [0.2, 0.25) is 11.8 Å². The zero-order valence-corrected chi connectivity index (χ0v) is 24.4. The largest absolute Gasteiger partial charge is 0.439 e. The highest BCUT2D eigenvalue weighted by atomic mass is 16.4. The molecule has 4 heterocycles. The molecule has 212 valence electrons. The second kappa shape index (κ2) is 10.6. The lowest BCUT2D eigenvalue weighted by Gasteiger charge is -2.08. The maximum Gasteiger partial charge on any atom is 0.228 e. The van der Waals surface area contributed by atoms with E-state index in [1.807, 2.05) is 50.2 Å². The quantitative estimate of drug-likeness (QED) is 0.205. The minimum absolute atomic E-state index is 0.575. The summed E-state index contributed by atoms with van der Waals surface area (Å²) in [7, 11) is 0. The molecule has 1 aliphatic heterocycles. The molecule has 6 nitrogen and oxygen atoms in total. The van der Waals surface area contributed by atoms with Gasteiger partial charge < -0.3 is 8.83 Å². The van der Waals surface area contributed by atoms with E-state index < -0.39 is 0 Å². The van der Waals surface area contributed by atoms with Gasteiger partial charge in [-0.15, -0.1) is 0 Å². The fourth-order valence-electron chi connectivity index (χ4n) is 5.66. The maximum atomic E-state index is 6.07. The van der Waals surface area contributed by atoms with Gasteiger partial charge in [0.1, 0.15) is 0 Å². The third-order valence-electron chi connectivity index (χ3n) is 8.07. The molecule has 7 aromatic rings. The Morgan fingerprint density at radius 3 is 1.66 bits per heavy atom. The maximum absolute atomic E-state index is 6.07. The molecule has 0 aliphatic carbocycles. The first-order chi connectivity index (χ1) is 21.6. The van der Waals surface area contributed by atoms with E-state index in [-0.39, 0.29) is 0 Å². The number of pyridine rings is 1. The first-order valence-electron chi connectivity index (χ1n) is 14.8. The number of hydrogen-bond donors (Lipinski definition) is 0. The van der Waals surface area contributed by atoms with Gasteiger partial charge in [-0.25, -0.2) is 9.98 Å². The number of rotatable bonds is 5. The number of benzene rings is 4. The molecule has 0 amide bonds. The molecule has 4 aromatic carbocycles. The molecule has 8 rings (SSSR count). The summed E-state index contributed by atoms with van der Waals surface area (Å²) < 4.78 is 12.0. The van der Waals surface area contributed by atoms with Crippen LogP contribution in [0.15, 0.2) is 123 Å². The van der Waals surface area contributed by atoms with Crippen molar-refractivity contribution >= 4 is 22.8 Å². The van der Waals surface area contributed by atoms with Crippen molar-refractivity contribution in [3.8, 4) is 56.3 Å². The van der Waals surface area contributed by atoms with Crippen LogP contribution in [-0.4, -0.2) is 20.7 Å². The van der Waals surface area contributed by atoms with E-state index in [9.17, 15) is 0 Å². The molecule has 0 saturated carbocycles. The number of nitrogens with zero attached hydrogens (tertiary/aromatic N) is 4. The molecule has 3 aromatic heterocycles. The van der Waals surface area contributed by atoms with E-state index in [4.69, 9.17) is 8.83 Å². The summed E-state index contributed by atoms with van der Waals surface area (Å²) in [5.74, 6) is 2.78. The van der Waals surface area contributed by atoms with Crippen LogP contribution in [0.5, 0.6) is 0 Å². The van der Waals surface area contributed by atoms with Gasteiger partial charge in [0.15, 0.2) is 22.8 Å². The molecule has 6 heteroatoms. The predicted molar refractivity (Wildman–Crippen MR) is 175 cm³/mol. The van der Waals surface area contributed by atoms with Crippen molar-refractivity contribution < 1.29 is 8.83 Å². The highest BCUT2D eigenvalue weighted by Gasteiger charge is 2.18. The van der Waals surface area contributed by atoms with Crippen LogP contribution in [0.2, 0.25) is 0 Å². The molecule has 44 heavy (non-hydrogen) atoms. The Labute approximate surface area is 254 Å². The molecule has 0 radical (unpaired) electrons. The SMILES string of the molecule is CC1=Nc2nc(-c3cccc(-c4ccc(-c5ccc(-c6cccc(-c7nc8nc(C)ccc8o7)c6)cc5)cc4)c3)oc2CC1. The predicted octanol–water partition coefficient (Wildman–Crippen LogP) is 9.89. The summed E-state index contributed by atoms with van der Waals surface area (Å²) in [6, 6.07) is 37.7. The second-order valence-electron chi connectivity index (χ2n) is 11.2. The molecule has 0 atom stereocenters. The molecule has 0 spiro atoms. The fraction of sp³-hybridized carbons (Fsp3) is 0.105. The number of aromatic nitrogens is 3. The van der Waals surface area contributed by atoms with E-state index in [1.165, 1.54) is 0 Å². The standard InChI is InChI=1S/C38H28N4O2/c1-23-9-19-33-35(39-23)41-37(43-33)31-7-3-5-29(21-31)27-15-11-25(12-16-27)26-13-17-28(18-14-26)30-6-4-8-32(22-30)38-42-36-34(44-38)20-10-24(2)40-36/h3-9,11-19,21-22H,10,20H2,1-2H3. The zero-order chi connectivity index (χ0) is 29.6. The topological polar surface area (TPSA) is 77.3 Å². The lowest BCUT2D eigenvalue weighted by atomic mass is 9.97. The lowest BCUT2D eigenvalue weighted by molar-refractivity contribution is 0.519. The summed E-state index contributed by atoms with van der Waals surface area (Å²) in [6.45, 7) is 3.99. The molecule has 0 bridgehead atoms. The fourth-order valence-corrected chi connectivity index (χ4v) is 5.66. The van der Waals surface area contributed by atoms with Gasteiger partial charge in [-0.3, -0.25) is 0 Å². The molecule has 0 unspecified atom stereocenters. The molecular weight excluding hydrogens is 544 g/mol. The lowest BCUT2D eigenvalue weighted by Crippen LogP contribution is -1.99. The van der Waals surface area contributed by atoms with Crippen molar-refractivity contribution in [2.75, 3.05) is 0 Å². The average Bonchev–Trinajstić information content (AvgIpc) is 3.69. The Kier molecular flexibility index (Phi) is 6.26. The highest BCUT2D eigenvalue weighted by Crippen LogP contribution is 2.34. The molecular formula is C38H28N4O2. The van der Waals surface area contributed by atoms with Gasteiger partial charge in [0, 0.05) is 29.0 Å². The molecule has 1 aliphatic rings. The van der Waals surface area contributed by atoms with Gasteiger partial charge in [0.25, 0.3) is 0 Å². The van der Waals surface area contributed by atoms with Gasteiger partial charge in [-0.2, -0.15) is 9.97 Å². The van der Waals surface area contributed by atoms with Crippen LogP contribution in [0.4, 0.5) is 5.82 Å². The Bertz CT molecular complexity index is 2190. The van der Waals surface area contributed by atoms with Crippen molar-refractivity contribution in [2.24, 2.45) is 4.99 Å². The third kappa shape index (κ3) is 4.90. The minimum atomic E-state index is 0.575. The van der Waals surface area contributed by atoms with Crippen LogP contribution >= 0.6 is 0 Å².